The van der Waals surface area contributed by atoms with Gasteiger partial charge < -0.3 is 19.2 Å². The summed E-state index contributed by atoms with van der Waals surface area (Å²) in [6, 6.07) is 13.6. The van der Waals surface area contributed by atoms with Gasteiger partial charge in [0.1, 0.15) is 29.6 Å². The zero-order valence-corrected chi connectivity index (χ0v) is 15.4. The van der Waals surface area contributed by atoms with Crippen LogP contribution in [-0.4, -0.2) is 66.2 Å². The first kappa shape index (κ1) is 17.8. The van der Waals surface area contributed by atoms with E-state index in [1.165, 1.54) is 0 Å². The van der Waals surface area contributed by atoms with Gasteiger partial charge in [-0.25, -0.2) is 0 Å². The molecule has 1 fully saturated rings. The highest BCUT2D eigenvalue weighted by molar-refractivity contribution is 6.05. The summed E-state index contributed by atoms with van der Waals surface area (Å²) in [5, 5.41) is 12.4. The number of β-amino-alcohol motifs (C(OH)–C–C–N with tert-alkyl or cyclic N) is 1. The van der Waals surface area contributed by atoms with E-state index in [1.54, 1.807) is 6.92 Å². The van der Waals surface area contributed by atoms with Crippen LogP contribution in [0.5, 0.6) is 5.75 Å². The van der Waals surface area contributed by atoms with Gasteiger partial charge in [-0.05, 0) is 24.3 Å². The molecule has 1 aliphatic rings. The standard InChI is InChI=1S/C21H24N2O4/c1-15(24)23-10-8-22(9-11-23)13-16(25)14-26-17-6-7-21-19(12-17)18-4-2-3-5-20(18)27-21/h2-7,12,16,25H,8-11,13-14H2,1H3/t16-/m1/s1. The summed E-state index contributed by atoms with van der Waals surface area (Å²) in [4.78, 5) is 15.4. The lowest BCUT2D eigenvalue weighted by Gasteiger charge is -2.35. The van der Waals surface area contributed by atoms with E-state index in [-0.39, 0.29) is 12.5 Å². The highest BCUT2D eigenvalue weighted by Crippen LogP contribution is 2.31. The van der Waals surface area contributed by atoms with Crippen LogP contribution >= 0.6 is 0 Å². The Labute approximate surface area is 157 Å². The number of hydrogen-bond donors (Lipinski definition) is 1. The van der Waals surface area contributed by atoms with Gasteiger partial charge >= 0.3 is 0 Å². The van der Waals surface area contributed by atoms with Crippen molar-refractivity contribution in [2.75, 3.05) is 39.3 Å². The number of piperazine rings is 1. The molecule has 2 heterocycles. The molecule has 6 nitrogen and oxygen atoms in total. The monoisotopic (exact) mass is 368 g/mol. The molecule has 4 rings (SSSR count). The van der Waals surface area contributed by atoms with Crippen molar-refractivity contribution in [3.05, 3.63) is 42.5 Å². The Morgan fingerprint density at radius 3 is 2.63 bits per heavy atom. The van der Waals surface area contributed by atoms with Crippen LogP contribution in [0.15, 0.2) is 46.9 Å². The Morgan fingerprint density at radius 1 is 1.11 bits per heavy atom. The molecule has 1 aromatic heterocycles. The van der Waals surface area contributed by atoms with Crippen LogP contribution < -0.4 is 4.74 Å². The molecule has 3 aromatic rings. The summed E-state index contributed by atoms with van der Waals surface area (Å²) in [5.74, 6) is 0.829. The van der Waals surface area contributed by atoms with Crippen LogP contribution in [0.1, 0.15) is 6.92 Å². The molecular weight excluding hydrogens is 344 g/mol. The van der Waals surface area contributed by atoms with E-state index in [0.29, 0.717) is 19.6 Å². The first-order valence-corrected chi connectivity index (χ1v) is 9.30. The average Bonchev–Trinajstić information content (AvgIpc) is 3.05. The van der Waals surface area contributed by atoms with Crippen LogP contribution in [0.3, 0.4) is 0 Å². The molecule has 1 saturated heterocycles. The van der Waals surface area contributed by atoms with Gasteiger partial charge in [-0.2, -0.15) is 0 Å². The fraction of sp³-hybridized carbons (Fsp3) is 0.381. The maximum atomic E-state index is 11.4. The van der Waals surface area contributed by atoms with Gasteiger partial charge in [0.05, 0.1) is 0 Å². The lowest BCUT2D eigenvalue weighted by Crippen LogP contribution is -2.50. The van der Waals surface area contributed by atoms with E-state index < -0.39 is 6.10 Å². The Bertz CT molecular complexity index is 944. The Morgan fingerprint density at radius 2 is 1.85 bits per heavy atom. The van der Waals surface area contributed by atoms with Crippen molar-refractivity contribution >= 4 is 27.8 Å². The van der Waals surface area contributed by atoms with Crippen LogP contribution in [0.4, 0.5) is 0 Å². The molecule has 2 aromatic carbocycles. The number of fused-ring (bicyclic) bond motifs is 3. The first-order chi connectivity index (χ1) is 13.1. The quantitative estimate of drug-likeness (QED) is 0.750. The molecule has 0 bridgehead atoms. The van der Waals surface area contributed by atoms with Crippen molar-refractivity contribution < 1.29 is 19.1 Å². The molecule has 6 heteroatoms. The third kappa shape index (κ3) is 3.91. The minimum absolute atomic E-state index is 0.112. The second kappa shape index (κ2) is 7.58. The molecule has 1 N–H and O–H groups in total. The summed E-state index contributed by atoms with van der Waals surface area (Å²) in [6.07, 6.45) is -0.578. The number of rotatable bonds is 5. The maximum absolute atomic E-state index is 11.4. The van der Waals surface area contributed by atoms with Crippen molar-refractivity contribution in [3.63, 3.8) is 0 Å². The van der Waals surface area contributed by atoms with E-state index in [9.17, 15) is 9.90 Å². The summed E-state index contributed by atoms with van der Waals surface area (Å²) in [7, 11) is 0. The van der Waals surface area contributed by atoms with E-state index in [2.05, 4.69) is 4.90 Å². The van der Waals surface area contributed by atoms with Crippen LogP contribution in [0, 0.1) is 0 Å². The number of aliphatic hydroxyl groups is 1. The molecular formula is C21H24N2O4. The predicted molar refractivity (Wildman–Crippen MR) is 104 cm³/mol. The van der Waals surface area contributed by atoms with Gasteiger partial charge in [0.2, 0.25) is 5.91 Å². The largest absolute Gasteiger partial charge is 0.491 e. The van der Waals surface area contributed by atoms with E-state index in [1.807, 2.05) is 47.4 Å². The molecule has 27 heavy (non-hydrogen) atoms. The number of carbonyl (C=O) groups is 1. The molecule has 1 amide bonds. The van der Waals surface area contributed by atoms with Gasteiger partial charge in [-0.15, -0.1) is 0 Å². The molecule has 0 radical (unpaired) electrons. The summed E-state index contributed by atoms with van der Waals surface area (Å²) < 4.78 is 11.6. The molecule has 1 aliphatic heterocycles. The van der Waals surface area contributed by atoms with Crippen molar-refractivity contribution in [1.29, 1.82) is 0 Å². The summed E-state index contributed by atoms with van der Waals surface area (Å²) in [5.41, 5.74) is 1.68. The fourth-order valence-electron chi connectivity index (χ4n) is 3.58. The third-order valence-electron chi connectivity index (χ3n) is 5.08. The summed E-state index contributed by atoms with van der Waals surface area (Å²) in [6.45, 7) is 5.36. The highest BCUT2D eigenvalue weighted by atomic mass is 16.5. The first-order valence-electron chi connectivity index (χ1n) is 9.30. The minimum atomic E-state index is -0.578. The molecule has 142 valence electrons. The number of ether oxygens (including phenoxy) is 1. The Balaban J connectivity index is 1.34. The van der Waals surface area contributed by atoms with Gasteiger partial charge in [-0.1, -0.05) is 18.2 Å². The fourth-order valence-corrected chi connectivity index (χ4v) is 3.58. The topological polar surface area (TPSA) is 66.2 Å². The number of furan rings is 1. The smallest absolute Gasteiger partial charge is 0.219 e. The van der Waals surface area contributed by atoms with Crippen molar-refractivity contribution in [1.82, 2.24) is 9.80 Å². The number of nitrogens with zero attached hydrogens (tertiary/aromatic N) is 2. The van der Waals surface area contributed by atoms with Crippen molar-refractivity contribution in [3.8, 4) is 5.75 Å². The van der Waals surface area contributed by atoms with Gasteiger partial charge in [0, 0.05) is 50.4 Å². The average molecular weight is 368 g/mol. The zero-order chi connectivity index (χ0) is 18.8. The lowest BCUT2D eigenvalue weighted by atomic mass is 10.1. The lowest BCUT2D eigenvalue weighted by molar-refractivity contribution is -0.130. The van der Waals surface area contributed by atoms with Gasteiger partial charge in [-0.3, -0.25) is 9.69 Å². The van der Waals surface area contributed by atoms with Crippen LogP contribution in [0.25, 0.3) is 21.9 Å². The van der Waals surface area contributed by atoms with Crippen LogP contribution in [-0.2, 0) is 4.79 Å². The molecule has 1 atom stereocenters. The number of para-hydroxylation sites is 1. The number of amides is 1. The number of benzene rings is 2. The van der Waals surface area contributed by atoms with Crippen LogP contribution in [0.2, 0.25) is 0 Å². The Hall–Kier alpha value is -2.57. The zero-order valence-electron chi connectivity index (χ0n) is 15.4. The molecule has 0 saturated carbocycles. The molecule has 0 aliphatic carbocycles. The SMILES string of the molecule is CC(=O)N1CCN(C[C@@H](O)COc2ccc3oc4ccccc4c3c2)CC1. The highest BCUT2D eigenvalue weighted by Gasteiger charge is 2.20. The second-order valence-corrected chi connectivity index (χ2v) is 7.03. The predicted octanol–water partition coefficient (Wildman–Crippen LogP) is 2.49. The summed E-state index contributed by atoms with van der Waals surface area (Å²) >= 11 is 0. The minimum Gasteiger partial charge on any atom is -0.491 e. The van der Waals surface area contributed by atoms with E-state index in [0.717, 1.165) is 40.8 Å². The number of carbonyl (C=O) groups excluding carboxylic acids is 1. The third-order valence-corrected chi connectivity index (χ3v) is 5.08. The molecule has 0 spiro atoms. The van der Waals surface area contributed by atoms with Crippen molar-refractivity contribution in [2.45, 2.75) is 13.0 Å². The maximum Gasteiger partial charge on any atom is 0.219 e. The van der Waals surface area contributed by atoms with E-state index >= 15 is 0 Å². The molecule has 0 unspecified atom stereocenters. The Kier molecular flexibility index (Phi) is 5.01. The number of aliphatic hydroxyl groups excluding tert-OH is 1. The van der Waals surface area contributed by atoms with Crippen molar-refractivity contribution in [2.24, 2.45) is 0 Å². The van der Waals surface area contributed by atoms with Gasteiger partial charge in [0.15, 0.2) is 0 Å². The normalized spacial score (nSPS) is 16.7. The van der Waals surface area contributed by atoms with E-state index in [4.69, 9.17) is 9.15 Å². The number of hydrogen-bond acceptors (Lipinski definition) is 5. The second-order valence-electron chi connectivity index (χ2n) is 7.03. The van der Waals surface area contributed by atoms with Gasteiger partial charge in [0.25, 0.3) is 0 Å².